The lowest BCUT2D eigenvalue weighted by Crippen LogP contribution is -2.45. The topological polar surface area (TPSA) is 120 Å². The Labute approximate surface area is 228 Å². The van der Waals surface area contributed by atoms with Gasteiger partial charge in [0.05, 0.1) is 38.7 Å². The van der Waals surface area contributed by atoms with Crippen molar-refractivity contribution in [2.75, 3.05) is 27.4 Å². The molecule has 0 spiro atoms. The summed E-state index contributed by atoms with van der Waals surface area (Å²) in [5.74, 6) is 0.532. The van der Waals surface area contributed by atoms with Crippen LogP contribution in [0.4, 0.5) is 0 Å². The van der Waals surface area contributed by atoms with E-state index >= 15 is 0 Å². The number of ether oxygens (including phenoxy) is 4. The third-order valence-electron chi connectivity index (χ3n) is 5.25. The molecule has 0 radical (unpaired) electrons. The van der Waals surface area contributed by atoms with Gasteiger partial charge in [0.2, 0.25) is 0 Å². The van der Waals surface area contributed by atoms with E-state index in [1.54, 1.807) is 57.4 Å². The Morgan fingerprint density at radius 3 is 2.57 bits per heavy atom. The number of esters is 1. The van der Waals surface area contributed by atoms with Crippen LogP contribution in [0.25, 0.3) is 0 Å². The highest BCUT2D eigenvalue weighted by Gasteiger charge is 2.32. The molecule has 2 aromatic rings. The van der Waals surface area contributed by atoms with Crippen molar-refractivity contribution in [2.45, 2.75) is 19.9 Å². The van der Waals surface area contributed by atoms with E-state index in [1.165, 1.54) is 13.3 Å². The third-order valence-corrected chi connectivity index (χ3v) is 6.16. The van der Waals surface area contributed by atoms with Crippen LogP contribution >= 0.6 is 28.1 Å². The van der Waals surface area contributed by atoms with E-state index in [2.05, 4.69) is 37.1 Å². The average molecular weight is 591 g/mol. The van der Waals surface area contributed by atoms with Crippen LogP contribution in [-0.2, 0) is 14.3 Å². The zero-order valence-electron chi connectivity index (χ0n) is 20.7. The Morgan fingerprint density at radius 1 is 1.16 bits per heavy atom. The predicted octanol–water partition coefficient (Wildman–Crippen LogP) is 3.35. The van der Waals surface area contributed by atoms with Crippen molar-refractivity contribution in [1.29, 1.82) is 0 Å². The van der Waals surface area contributed by atoms with Crippen molar-refractivity contribution in [2.24, 2.45) is 5.10 Å². The normalized spacial score (nSPS) is 15.1. The standard InChI is InChI=1S/C25H27BrN4O6S/c1-5-35-24(32)22-14(2)28-25(37)29-23(22)16-8-6-7-9-18(16)36-13-21(31)30-27-12-15-10-19(33-3)20(34-4)11-17(15)26/h6-12,23H,5,13H2,1-4H3,(H,30,31)(H2,28,29,37)/t23-/m0/s1. The van der Waals surface area contributed by atoms with Gasteiger partial charge in [-0.1, -0.05) is 18.2 Å². The number of hydrogen-bond donors (Lipinski definition) is 3. The first-order valence-electron chi connectivity index (χ1n) is 11.2. The fourth-order valence-electron chi connectivity index (χ4n) is 3.58. The summed E-state index contributed by atoms with van der Waals surface area (Å²) in [4.78, 5) is 25.1. The molecule has 1 heterocycles. The first-order valence-corrected chi connectivity index (χ1v) is 12.4. The number of thiocarbonyl (C=S) groups is 1. The van der Waals surface area contributed by atoms with Gasteiger partial charge in [0.1, 0.15) is 5.75 Å². The monoisotopic (exact) mass is 590 g/mol. The molecule has 0 saturated heterocycles. The number of carbonyl (C=O) groups excluding carboxylic acids is 2. The number of hydrazone groups is 1. The minimum atomic E-state index is -0.618. The Balaban J connectivity index is 1.71. The molecule has 196 valence electrons. The van der Waals surface area contributed by atoms with Crippen molar-refractivity contribution in [1.82, 2.24) is 16.1 Å². The highest BCUT2D eigenvalue weighted by atomic mass is 79.9. The van der Waals surface area contributed by atoms with E-state index in [4.69, 9.17) is 31.2 Å². The number of amides is 1. The highest BCUT2D eigenvalue weighted by Crippen LogP contribution is 2.34. The molecule has 1 aliphatic rings. The number of carbonyl (C=O) groups is 2. The van der Waals surface area contributed by atoms with Crippen LogP contribution < -0.4 is 30.3 Å². The van der Waals surface area contributed by atoms with Crippen LogP contribution in [0.3, 0.4) is 0 Å². The number of para-hydroxylation sites is 1. The lowest BCUT2D eigenvalue weighted by Gasteiger charge is -2.30. The van der Waals surface area contributed by atoms with E-state index in [0.717, 1.165) is 0 Å². The van der Waals surface area contributed by atoms with Gasteiger partial charge in [0.15, 0.2) is 23.2 Å². The van der Waals surface area contributed by atoms with Crippen LogP contribution in [0.5, 0.6) is 17.2 Å². The maximum Gasteiger partial charge on any atom is 0.338 e. The number of nitrogens with one attached hydrogen (secondary N) is 3. The smallest absolute Gasteiger partial charge is 0.338 e. The highest BCUT2D eigenvalue weighted by molar-refractivity contribution is 9.10. The number of methoxy groups -OCH3 is 2. The van der Waals surface area contributed by atoms with E-state index < -0.39 is 17.9 Å². The zero-order valence-corrected chi connectivity index (χ0v) is 23.1. The predicted molar refractivity (Wildman–Crippen MR) is 146 cm³/mol. The van der Waals surface area contributed by atoms with Crippen molar-refractivity contribution in [3.05, 3.63) is 63.3 Å². The number of halogens is 1. The number of benzene rings is 2. The summed E-state index contributed by atoms with van der Waals surface area (Å²) >= 11 is 8.73. The first kappa shape index (κ1) is 27.9. The Hall–Kier alpha value is -3.64. The number of allylic oxidation sites excluding steroid dienone is 1. The van der Waals surface area contributed by atoms with Gasteiger partial charge in [-0.2, -0.15) is 5.10 Å². The molecule has 3 rings (SSSR count). The summed E-state index contributed by atoms with van der Waals surface area (Å²) in [6.45, 7) is 3.40. The summed E-state index contributed by atoms with van der Waals surface area (Å²) in [5, 5.41) is 10.4. The molecular weight excluding hydrogens is 564 g/mol. The molecule has 1 aliphatic heterocycles. The molecule has 12 heteroatoms. The van der Waals surface area contributed by atoms with E-state index in [-0.39, 0.29) is 13.2 Å². The van der Waals surface area contributed by atoms with Crippen LogP contribution in [0.15, 0.2) is 57.2 Å². The largest absolute Gasteiger partial charge is 0.493 e. The van der Waals surface area contributed by atoms with Crippen LogP contribution in [0, 0.1) is 0 Å². The maximum absolute atomic E-state index is 12.7. The Morgan fingerprint density at radius 2 is 1.86 bits per heavy atom. The summed E-state index contributed by atoms with van der Waals surface area (Å²) in [7, 11) is 3.07. The van der Waals surface area contributed by atoms with Gasteiger partial charge >= 0.3 is 5.97 Å². The summed E-state index contributed by atoms with van der Waals surface area (Å²) < 4.78 is 22.3. The third kappa shape index (κ3) is 6.98. The molecular formula is C25H27BrN4O6S. The molecule has 1 atom stereocenters. The van der Waals surface area contributed by atoms with Crippen molar-refractivity contribution in [3.63, 3.8) is 0 Å². The molecule has 1 amide bonds. The maximum atomic E-state index is 12.7. The number of hydrogen-bond acceptors (Lipinski definition) is 8. The average Bonchev–Trinajstić information content (AvgIpc) is 2.87. The molecule has 0 fully saturated rings. The van der Waals surface area contributed by atoms with Crippen molar-refractivity contribution in [3.8, 4) is 17.2 Å². The quantitative estimate of drug-likeness (QED) is 0.165. The lowest BCUT2D eigenvalue weighted by atomic mass is 9.95. The van der Waals surface area contributed by atoms with E-state index in [0.29, 0.717) is 49.2 Å². The molecule has 0 bridgehead atoms. The number of rotatable bonds is 10. The Bertz CT molecular complexity index is 1250. The fourth-order valence-corrected chi connectivity index (χ4v) is 4.27. The fraction of sp³-hybridized carbons (Fsp3) is 0.280. The molecule has 0 unspecified atom stereocenters. The van der Waals surface area contributed by atoms with Crippen LogP contribution in [0.2, 0.25) is 0 Å². The summed E-state index contributed by atoms with van der Waals surface area (Å²) in [6, 6.07) is 9.91. The van der Waals surface area contributed by atoms with Crippen molar-refractivity contribution < 1.29 is 28.5 Å². The number of nitrogens with zero attached hydrogens (tertiary/aromatic N) is 1. The molecule has 2 aromatic carbocycles. The second-order valence-electron chi connectivity index (χ2n) is 7.64. The minimum Gasteiger partial charge on any atom is -0.493 e. The molecule has 3 N–H and O–H groups in total. The minimum absolute atomic E-state index is 0.228. The summed E-state index contributed by atoms with van der Waals surface area (Å²) in [5.41, 5.74) is 4.69. The van der Waals surface area contributed by atoms with Gasteiger partial charge < -0.3 is 29.6 Å². The Kier molecular flexibility index (Phi) is 9.86. The molecule has 0 aromatic heterocycles. The van der Waals surface area contributed by atoms with Crippen LogP contribution in [0.1, 0.15) is 31.0 Å². The second-order valence-corrected chi connectivity index (χ2v) is 8.90. The van der Waals surface area contributed by atoms with Gasteiger partial charge in [-0.25, -0.2) is 10.2 Å². The SMILES string of the molecule is CCOC(=O)C1=C(C)NC(=S)N[C@H]1c1ccccc1OCC(=O)NN=Cc1cc(OC)c(OC)cc1Br. The molecule has 37 heavy (non-hydrogen) atoms. The lowest BCUT2D eigenvalue weighted by molar-refractivity contribution is -0.139. The summed E-state index contributed by atoms with van der Waals surface area (Å²) in [6.07, 6.45) is 1.47. The molecule has 0 saturated carbocycles. The molecule has 10 nitrogen and oxygen atoms in total. The zero-order chi connectivity index (χ0) is 26.9. The van der Waals surface area contributed by atoms with Gasteiger partial charge in [-0.05, 0) is 60.2 Å². The van der Waals surface area contributed by atoms with Crippen LogP contribution in [-0.4, -0.2) is 50.6 Å². The van der Waals surface area contributed by atoms with Crippen molar-refractivity contribution >= 4 is 51.4 Å². The van der Waals surface area contributed by atoms with Gasteiger partial charge in [0.25, 0.3) is 5.91 Å². The van der Waals surface area contributed by atoms with Gasteiger partial charge in [-0.3, -0.25) is 4.79 Å². The van der Waals surface area contributed by atoms with E-state index in [9.17, 15) is 9.59 Å². The first-order chi connectivity index (χ1) is 17.8. The van der Waals surface area contributed by atoms with Gasteiger partial charge in [0, 0.05) is 21.3 Å². The van der Waals surface area contributed by atoms with E-state index in [1.807, 2.05) is 0 Å². The second kappa shape index (κ2) is 13.1. The molecule has 0 aliphatic carbocycles. The van der Waals surface area contributed by atoms with Gasteiger partial charge in [-0.15, -0.1) is 0 Å².